The van der Waals surface area contributed by atoms with Crippen LogP contribution in [0.15, 0.2) is 0 Å². The Morgan fingerprint density at radius 2 is 2.00 bits per heavy atom. The van der Waals surface area contributed by atoms with Crippen LogP contribution in [0.5, 0.6) is 0 Å². The Morgan fingerprint density at radius 1 is 1.33 bits per heavy atom. The molecule has 0 aliphatic carbocycles. The van der Waals surface area contributed by atoms with Gasteiger partial charge in [-0.2, -0.15) is 11.8 Å². The van der Waals surface area contributed by atoms with Gasteiger partial charge in [0.2, 0.25) is 0 Å². The molecule has 0 N–H and O–H groups in total. The molecule has 1 saturated heterocycles. The predicted octanol–water partition coefficient (Wildman–Crippen LogP) is 3.92. The van der Waals surface area contributed by atoms with Crippen LogP contribution in [0.4, 0.5) is 0 Å². The van der Waals surface area contributed by atoms with Crippen molar-refractivity contribution in [1.82, 2.24) is 0 Å². The van der Waals surface area contributed by atoms with Gasteiger partial charge in [-0.1, -0.05) is 20.3 Å². The molecule has 1 nitrogen and oxygen atoms in total. The van der Waals surface area contributed by atoms with Gasteiger partial charge in [-0.15, -0.1) is 0 Å². The average molecular weight is 228 g/mol. The van der Waals surface area contributed by atoms with Crippen LogP contribution in [0.2, 0.25) is 0 Å². The van der Waals surface area contributed by atoms with E-state index in [9.17, 15) is 4.79 Å². The average Bonchev–Trinajstić information content (AvgIpc) is 2.18. The minimum atomic E-state index is 0.507. The fraction of sp³-hybridized carbons (Fsp3) is 0.923. The summed E-state index contributed by atoms with van der Waals surface area (Å²) in [7, 11) is 0. The molecule has 0 radical (unpaired) electrons. The first-order valence-corrected chi connectivity index (χ1v) is 7.43. The lowest BCUT2D eigenvalue weighted by molar-refractivity contribution is -0.120. The molecule has 1 fully saturated rings. The van der Waals surface area contributed by atoms with E-state index >= 15 is 0 Å². The standard InChI is InChI=1S/C13H24OS/c1-11(2)4-3-5-13(14)10-12-6-8-15-9-7-12/h11-12H,3-10H2,1-2H3. The molecule has 1 aliphatic heterocycles. The number of Topliss-reactive ketones (excluding diaryl/α,β-unsaturated/α-hetero) is 1. The first-order valence-electron chi connectivity index (χ1n) is 6.28. The van der Waals surface area contributed by atoms with E-state index in [1.54, 1.807) is 0 Å². The molecular weight excluding hydrogens is 204 g/mol. The van der Waals surface area contributed by atoms with Crippen molar-refractivity contribution in [3.8, 4) is 0 Å². The predicted molar refractivity (Wildman–Crippen MR) is 68.4 cm³/mol. The number of ketones is 1. The molecule has 0 atom stereocenters. The van der Waals surface area contributed by atoms with Crippen molar-refractivity contribution in [2.24, 2.45) is 11.8 Å². The molecule has 0 aromatic rings. The van der Waals surface area contributed by atoms with Gasteiger partial charge >= 0.3 is 0 Å². The van der Waals surface area contributed by atoms with Crippen LogP contribution >= 0.6 is 11.8 Å². The summed E-state index contributed by atoms with van der Waals surface area (Å²) in [4.78, 5) is 11.7. The second-order valence-corrected chi connectivity index (χ2v) is 6.31. The van der Waals surface area contributed by atoms with Gasteiger partial charge in [0.05, 0.1) is 0 Å². The fourth-order valence-electron chi connectivity index (χ4n) is 2.08. The van der Waals surface area contributed by atoms with Gasteiger partial charge in [-0.25, -0.2) is 0 Å². The van der Waals surface area contributed by atoms with E-state index in [0.717, 1.165) is 25.2 Å². The number of hydrogen-bond acceptors (Lipinski definition) is 2. The Bertz CT molecular complexity index is 183. The third-order valence-electron chi connectivity index (χ3n) is 3.09. The molecule has 1 heterocycles. The number of hydrogen-bond donors (Lipinski definition) is 0. The molecule has 2 heteroatoms. The van der Waals surface area contributed by atoms with Gasteiger partial charge in [-0.3, -0.25) is 4.79 Å². The van der Waals surface area contributed by atoms with Crippen molar-refractivity contribution in [3.63, 3.8) is 0 Å². The maximum absolute atomic E-state index is 11.7. The molecular formula is C13H24OS. The summed E-state index contributed by atoms with van der Waals surface area (Å²) in [6.45, 7) is 4.45. The summed E-state index contributed by atoms with van der Waals surface area (Å²) in [5.74, 6) is 4.49. The Labute approximate surface area is 98.4 Å². The highest BCUT2D eigenvalue weighted by atomic mass is 32.2. The van der Waals surface area contributed by atoms with Crippen molar-refractivity contribution in [2.75, 3.05) is 11.5 Å². The molecule has 1 aliphatic rings. The minimum absolute atomic E-state index is 0.507. The highest BCUT2D eigenvalue weighted by molar-refractivity contribution is 7.99. The Balaban J connectivity index is 2.06. The first-order chi connectivity index (χ1) is 7.18. The second kappa shape index (κ2) is 7.32. The normalized spacial score (nSPS) is 18.3. The SMILES string of the molecule is CC(C)CCCC(=O)CC1CCSCC1. The Kier molecular flexibility index (Phi) is 6.39. The summed E-state index contributed by atoms with van der Waals surface area (Å²) in [5, 5.41) is 0. The molecule has 88 valence electrons. The van der Waals surface area contributed by atoms with E-state index in [1.807, 2.05) is 11.8 Å². The number of carbonyl (C=O) groups is 1. The molecule has 0 saturated carbocycles. The summed E-state index contributed by atoms with van der Waals surface area (Å²) in [6.07, 6.45) is 6.51. The number of rotatable bonds is 6. The van der Waals surface area contributed by atoms with Crippen molar-refractivity contribution in [2.45, 2.75) is 52.4 Å². The van der Waals surface area contributed by atoms with E-state index < -0.39 is 0 Å². The van der Waals surface area contributed by atoms with Gasteiger partial charge in [0.1, 0.15) is 5.78 Å². The zero-order valence-corrected chi connectivity index (χ0v) is 10.9. The molecule has 0 aromatic carbocycles. The number of carbonyl (C=O) groups excluding carboxylic acids is 1. The lowest BCUT2D eigenvalue weighted by atomic mass is 9.94. The summed E-state index contributed by atoms with van der Waals surface area (Å²) >= 11 is 2.04. The molecule has 1 rings (SSSR count). The largest absolute Gasteiger partial charge is 0.300 e. The van der Waals surface area contributed by atoms with Crippen molar-refractivity contribution in [1.29, 1.82) is 0 Å². The van der Waals surface area contributed by atoms with Crippen LogP contribution in [0.3, 0.4) is 0 Å². The molecule has 0 amide bonds. The Morgan fingerprint density at radius 3 is 2.60 bits per heavy atom. The molecule has 0 spiro atoms. The van der Waals surface area contributed by atoms with Crippen LogP contribution < -0.4 is 0 Å². The van der Waals surface area contributed by atoms with Crippen LogP contribution in [-0.2, 0) is 4.79 Å². The third kappa shape index (κ3) is 6.24. The van der Waals surface area contributed by atoms with Gasteiger partial charge in [0.15, 0.2) is 0 Å². The van der Waals surface area contributed by atoms with Crippen molar-refractivity contribution < 1.29 is 4.79 Å². The lowest BCUT2D eigenvalue weighted by Gasteiger charge is -2.20. The lowest BCUT2D eigenvalue weighted by Crippen LogP contribution is -2.14. The topological polar surface area (TPSA) is 17.1 Å². The smallest absolute Gasteiger partial charge is 0.133 e. The fourth-order valence-corrected chi connectivity index (χ4v) is 3.29. The molecule has 0 aromatic heterocycles. The maximum Gasteiger partial charge on any atom is 0.133 e. The summed E-state index contributed by atoms with van der Waals surface area (Å²) in [5.41, 5.74) is 0. The zero-order valence-electron chi connectivity index (χ0n) is 10.1. The molecule has 15 heavy (non-hydrogen) atoms. The summed E-state index contributed by atoms with van der Waals surface area (Å²) < 4.78 is 0. The van der Waals surface area contributed by atoms with E-state index in [2.05, 4.69) is 13.8 Å². The van der Waals surface area contributed by atoms with E-state index in [4.69, 9.17) is 0 Å². The van der Waals surface area contributed by atoms with E-state index in [-0.39, 0.29) is 0 Å². The van der Waals surface area contributed by atoms with E-state index in [0.29, 0.717) is 11.7 Å². The van der Waals surface area contributed by atoms with Crippen LogP contribution in [0, 0.1) is 11.8 Å². The zero-order chi connectivity index (χ0) is 11.1. The van der Waals surface area contributed by atoms with Crippen molar-refractivity contribution in [3.05, 3.63) is 0 Å². The van der Waals surface area contributed by atoms with E-state index in [1.165, 1.54) is 30.8 Å². The van der Waals surface area contributed by atoms with Gasteiger partial charge in [0.25, 0.3) is 0 Å². The highest BCUT2D eigenvalue weighted by Gasteiger charge is 2.16. The van der Waals surface area contributed by atoms with Crippen molar-refractivity contribution >= 4 is 17.5 Å². The minimum Gasteiger partial charge on any atom is -0.300 e. The van der Waals surface area contributed by atoms with Crippen LogP contribution in [0.1, 0.15) is 52.4 Å². The summed E-state index contributed by atoms with van der Waals surface area (Å²) in [6, 6.07) is 0. The van der Waals surface area contributed by atoms with Crippen LogP contribution in [-0.4, -0.2) is 17.3 Å². The van der Waals surface area contributed by atoms with Gasteiger partial charge < -0.3 is 0 Å². The monoisotopic (exact) mass is 228 g/mol. The quantitative estimate of drug-likeness (QED) is 0.685. The molecule has 0 unspecified atom stereocenters. The maximum atomic E-state index is 11.7. The highest BCUT2D eigenvalue weighted by Crippen LogP contribution is 2.26. The van der Waals surface area contributed by atoms with Crippen LogP contribution in [0.25, 0.3) is 0 Å². The first kappa shape index (κ1) is 13.1. The Hall–Kier alpha value is 0.0200. The van der Waals surface area contributed by atoms with Gasteiger partial charge in [0, 0.05) is 12.8 Å². The second-order valence-electron chi connectivity index (χ2n) is 5.08. The third-order valence-corrected chi connectivity index (χ3v) is 4.14. The molecule has 0 bridgehead atoms. The van der Waals surface area contributed by atoms with Gasteiger partial charge in [-0.05, 0) is 42.6 Å². The number of thioether (sulfide) groups is 1.